The number of rotatable bonds is 4. The van der Waals surface area contributed by atoms with Crippen molar-refractivity contribution in [1.29, 1.82) is 0 Å². The lowest BCUT2D eigenvalue weighted by Crippen LogP contribution is -2.34. The third-order valence-electron chi connectivity index (χ3n) is 3.82. The maximum Gasteiger partial charge on any atom is 0.371 e. The number of aryl methyl sites for hydroxylation is 1. The average Bonchev–Trinajstić information content (AvgIpc) is 3.14. The predicted molar refractivity (Wildman–Crippen MR) is 111 cm³/mol. The highest BCUT2D eigenvalue weighted by atomic mass is 35.5. The number of hydrogen-bond acceptors (Lipinski definition) is 4. The van der Waals surface area contributed by atoms with Crippen LogP contribution in [0.4, 0.5) is 5.69 Å². The molecule has 0 radical (unpaired) electrons. The van der Waals surface area contributed by atoms with Crippen molar-refractivity contribution in [2.24, 2.45) is 0 Å². The van der Waals surface area contributed by atoms with Crippen molar-refractivity contribution in [2.75, 3.05) is 5.32 Å². The number of thiocarbonyl (C=S) groups is 1. The lowest BCUT2D eigenvalue weighted by Gasteiger charge is -2.12. The fraction of sp³-hybridized carbons (Fsp3) is 0.0500. The number of aromatic carboxylic acids is 1. The molecule has 0 aliphatic heterocycles. The summed E-state index contributed by atoms with van der Waals surface area (Å²) in [5.41, 5.74) is 2.50. The van der Waals surface area contributed by atoms with Gasteiger partial charge in [0.15, 0.2) is 5.11 Å². The molecule has 0 saturated heterocycles. The number of furan rings is 1. The molecule has 142 valence electrons. The first-order chi connectivity index (χ1) is 13.3. The minimum Gasteiger partial charge on any atom is -0.475 e. The molecule has 0 atom stereocenters. The highest BCUT2D eigenvalue weighted by molar-refractivity contribution is 7.80. The molecule has 0 spiro atoms. The number of carboxylic acids is 1. The number of hydrogen-bond donors (Lipinski definition) is 3. The zero-order chi connectivity index (χ0) is 20.3. The van der Waals surface area contributed by atoms with Gasteiger partial charge in [0, 0.05) is 11.1 Å². The first-order valence-electron chi connectivity index (χ1n) is 8.15. The second-order valence-electron chi connectivity index (χ2n) is 5.94. The minimum absolute atomic E-state index is 0.0798. The maximum absolute atomic E-state index is 12.3. The lowest BCUT2D eigenvalue weighted by atomic mass is 10.1. The minimum atomic E-state index is -1.15. The standard InChI is InChI=1S/C20H15ClN2O4S/c1-11-3-2-4-13(9-11)18(24)23-20(28)22-15-10-12(5-6-14(15)21)16-7-8-17(27-16)19(25)26/h2-10H,1H3,(H,25,26)(H2,22,23,24,28). The van der Waals surface area contributed by atoms with E-state index in [4.69, 9.17) is 33.3 Å². The first-order valence-corrected chi connectivity index (χ1v) is 8.94. The van der Waals surface area contributed by atoms with E-state index in [0.29, 0.717) is 27.6 Å². The summed E-state index contributed by atoms with van der Waals surface area (Å²) in [6.45, 7) is 1.89. The van der Waals surface area contributed by atoms with Crippen LogP contribution in [0.5, 0.6) is 0 Å². The number of carbonyl (C=O) groups is 2. The van der Waals surface area contributed by atoms with E-state index in [1.54, 1.807) is 42.5 Å². The predicted octanol–water partition coefficient (Wildman–Crippen LogP) is 4.73. The van der Waals surface area contributed by atoms with Crippen LogP contribution in [0.3, 0.4) is 0 Å². The van der Waals surface area contributed by atoms with Gasteiger partial charge in [-0.2, -0.15) is 0 Å². The molecule has 0 fully saturated rings. The molecule has 28 heavy (non-hydrogen) atoms. The molecule has 2 aromatic carbocycles. The molecule has 3 aromatic rings. The Bertz CT molecular complexity index is 1080. The lowest BCUT2D eigenvalue weighted by molar-refractivity contribution is 0.0663. The van der Waals surface area contributed by atoms with Crippen LogP contribution in [-0.2, 0) is 0 Å². The number of anilines is 1. The first kappa shape index (κ1) is 19.6. The summed E-state index contributed by atoms with van der Waals surface area (Å²) < 4.78 is 5.29. The van der Waals surface area contributed by atoms with Gasteiger partial charge < -0.3 is 14.8 Å². The van der Waals surface area contributed by atoms with Gasteiger partial charge in [0.1, 0.15) is 5.76 Å². The van der Waals surface area contributed by atoms with Gasteiger partial charge in [-0.1, -0.05) is 29.3 Å². The monoisotopic (exact) mass is 414 g/mol. The molecule has 1 amide bonds. The van der Waals surface area contributed by atoms with E-state index in [-0.39, 0.29) is 16.8 Å². The molecular formula is C20H15ClN2O4S. The van der Waals surface area contributed by atoms with Gasteiger partial charge in [-0.05, 0) is 61.6 Å². The summed E-state index contributed by atoms with van der Waals surface area (Å²) in [6, 6.07) is 15.0. The average molecular weight is 415 g/mol. The topological polar surface area (TPSA) is 91.6 Å². The van der Waals surface area contributed by atoms with Gasteiger partial charge in [0.25, 0.3) is 5.91 Å². The Kier molecular flexibility index (Phi) is 5.77. The normalized spacial score (nSPS) is 10.4. The van der Waals surface area contributed by atoms with Crippen LogP contribution >= 0.6 is 23.8 Å². The molecule has 0 unspecified atom stereocenters. The van der Waals surface area contributed by atoms with E-state index < -0.39 is 5.97 Å². The molecule has 6 nitrogen and oxygen atoms in total. The Morgan fingerprint density at radius 1 is 1.11 bits per heavy atom. The highest BCUT2D eigenvalue weighted by Gasteiger charge is 2.13. The van der Waals surface area contributed by atoms with Crippen molar-refractivity contribution in [3.8, 4) is 11.3 Å². The number of halogens is 1. The smallest absolute Gasteiger partial charge is 0.371 e. The van der Waals surface area contributed by atoms with Crippen LogP contribution < -0.4 is 10.6 Å². The number of carbonyl (C=O) groups excluding carboxylic acids is 1. The molecule has 3 rings (SSSR count). The van der Waals surface area contributed by atoms with Gasteiger partial charge in [-0.25, -0.2) is 4.79 Å². The summed E-state index contributed by atoms with van der Waals surface area (Å²) >= 11 is 11.4. The third kappa shape index (κ3) is 4.57. The van der Waals surface area contributed by atoms with Crippen LogP contribution in [0.2, 0.25) is 5.02 Å². The summed E-state index contributed by atoms with van der Waals surface area (Å²) in [6.07, 6.45) is 0. The Labute approximate surface area is 171 Å². The Morgan fingerprint density at radius 2 is 1.89 bits per heavy atom. The van der Waals surface area contributed by atoms with Crippen molar-refractivity contribution >= 4 is 46.5 Å². The van der Waals surface area contributed by atoms with Gasteiger partial charge in [0.2, 0.25) is 5.76 Å². The quantitative estimate of drug-likeness (QED) is 0.534. The maximum atomic E-state index is 12.3. The second kappa shape index (κ2) is 8.24. The Morgan fingerprint density at radius 3 is 2.57 bits per heavy atom. The van der Waals surface area contributed by atoms with Crippen molar-refractivity contribution < 1.29 is 19.1 Å². The molecule has 0 aliphatic carbocycles. The van der Waals surface area contributed by atoms with Crippen molar-refractivity contribution in [2.45, 2.75) is 6.92 Å². The van der Waals surface area contributed by atoms with Crippen LogP contribution in [-0.4, -0.2) is 22.1 Å². The summed E-state index contributed by atoms with van der Waals surface area (Å²) in [5, 5.41) is 14.9. The van der Waals surface area contributed by atoms with E-state index in [9.17, 15) is 9.59 Å². The van der Waals surface area contributed by atoms with Crippen LogP contribution in [0.25, 0.3) is 11.3 Å². The fourth-order valence-electron chi connectivity index (χ4n) is 2.50. The summed E-state index contributed by atoms with van der Waals surface area (Å²) in [7, 11) is 0. The number of nitrogens with one attached hydrogen (secondary N) is 2. The van der Waals surface area contributed by atoms with Gasteiger partial charge >= 0.3 is 5.97 Å². The van der Waals surface area contributed by atoms with E-state index >= 15 is 0 Å². The highest BCUT2D eigenvalue weighted by Crippen LogP contribution is 2.30. The largest absolute Gasteiger partial charge is 0.475 e. The van der Waals surface area contributed by atoms with Crippen LogP contribution in [0.15, 0.2) is 59.0 Å². The van der Waals surface area contributed by atoms with E-state index in [2.05, 4.69) is 10.6 Å². The molecule has 1 aromatic heterocycles. The van der Waals surface area contributed by atoms with E-state index in [0.717, 1.165) is 5.56 Å². The van der Waals surface area contributed by atoms with E-state index in [1.807, 2.05) is 13.0 Å². The molecule has 8 heteroatoms. The van der Waals surface area contributed by atoms with Crippen molar-refractivity contribution in [1.82, 2.24) is 5.32 Å². The number of amides is 1. The zero-order valence-electron chi connectivity index (χ0n) is 14.7. The van der Waals surface area contributed by atoms with Crippen LogP contribution in [0, 0.1) is 6.92 Å². The number of benzene rings is 2. The number of carboxylic acid groups (broad SMARTS) is 1. The van der Waals surface area contributed by atoms with Crippen LogP contribution in [0.1, 0.15) is 26.5 Å². The molecular weight excluding hydrogens is 400 g/mol. The van der Waals surface area contributed by atoms with Crippen molar-refractivity contribution in [3.05, 3.63) is 76.5 Å². The Hall–Kier alpha value is -3.16. The summed E-state index contributed by atoms with van der Waals surface area (Å²) in [4.78, 5) is 23.3. The molecule has 1 heterocycles. The van der Waals surface area contributed by atoms with Gasteiger partial charge in [0.05, 0.1) is 10.7 Å². The zero-order valence-corrected chi connectivity index (χ0v) is 16.2. The Balaban J connectivity index is 1.75. The SMILES string of the molecule is Cc1cccc(C(=O)NC(=S)Nc2cc(-c3ccc(C(=O)O)o3)ccc2Cl)c1. The van der Waals surface area contributed by atoms with Gasteiger partial charge in [-0.3, -0.25) is 10.1 Å². The molecule has 0 aliphatic rings. The molecule has 0 bridgehead atoms. The summed E-state index contributed by atoms with van der Waals surface area (Å²) in [5.74, 6) is -1.29. The van der Waals surface area contributed by atoms with Gasteiger partial charge in [-0.15, -0.1) is 0 Å². The van der Waals surface area contributed by atoms with Crippen molar-refractivity contribution in [3.63, 3.8) is 0 Å². The molecule has 3 N–H and O–H groups in total. The van der Waals surface area contributed by atoms with E-state index in [1.165, 1.54) is 6.07 Å². The molecule has 0 saturated carbocycles. The second-order valence-corrected chi connectivity index (χ2v) is 6.76. The fourth-order valence-corrected chi connectivity index (χ4v) is 2.86. The third-order valence-corrected chi connectivity index (χ3v) is 4.36.